The molecule has 1 aliphatic rings. The van der Waals surface area contributed by atoms with E-state index < -0.39 is 0 Å². The van der Waals surface area contributed by atoms with Crippen molar-refractivity contribution in [3.63, 3.8) is 0 Å². The third kappa shape index (κ3) is 1.07. The van der Waals surface area contributed by atoms with Crippen LogP contribution in [0.15, 0.2) is 23.9 Å². The molecule has 3 N–H and O–H groups in total. The molecule has 0 aromatic rings. The van der Waals surface area contributed by atoms with E-state index in [9.17, 15) is 0 Å². The Bertz CT molecular complexity index is 182. The van der Waals surface area contributed by atoms with E-state index in [1.165, 1.54) is 0 Å². The van der Waals surface area contributed by atoms with Gasteiger partial charge in [0.2, 0.25) is 0 Å². The largest absolute Gasteiger partial charge is 0.401 e. The van der Waals surface area contributed by atoms with Gasteiger partial charge in [-0.1, -0.05) is 12.2 Å². The van der Waals surface area contributed by atoms with Gasteiger partial charge in [0.15, 0.2) is 0 Å². The van der Waals surface area contributed by atoms with Gasteiger partial charge < -0.3 is 11.1 Å². The molecule has 0 heterocycles. The summed E-state index contributed by atoms with van der Waals surface area (Å²) in [5, 5.41) is 3.19. The molecule has 0 spiro atoms. The van der Waals surface area contributed by atoms with E-state index in [1.807, 2.05) is 19.2 Å². The fourth-order valence-electron chi connectivity index (χ4n) is 1.02. The van der Waals surface area contributed by atoms with Gasteiger partial charge in [0.1, 0.15) is 0 Å². The molecule has 10 heavy (non-hydrogen) atoms. The first-order valence-electron chi connectivity index (χ1n) is 3.51. The van der Waals surface area contributed by atoms with Gasteiger partial charge in [-0.2, -0.15) is 0 Å². The van der Waals surface area contributed by atoms with E-state index in [-0.39, 0.29) is 5.54 Å². The maximum atomic E-state index is 5.77. The van der Waals surface area contributed by atoms with E-state index in [0.29, 0.717) is 0 Å². The lowest BCUT2D eigenvalue weighted by Gasteiger charge is -2.30. The summed E-state index contributed by atoms with van der Waals surface area (Å²) in [6, 6.07) is 0. The zero-order valence-electron chi connectivity index (χ0n) is 6.52. The molecule has 2 nitrogen and oxygen atoms in total. The van der Waals surface area contributed by atoms with Gasteiger partial charge in [0, 0.05) is 5.70 Å². The molecule has 0 saturated heterocycles. The van der Waals surface area contributed by atoms with Crippen LogP contribution in [0, 0.1) is 0 Å². The van der Waals surface area contributed by atoms with E-state index >= 15 is 0 Å². The molecular weight excluding hydrogens is 124 g/mol. The van der Waals surface area contributed by atoms with E-state index in [1.54, 1.807) is 0 Å². The second kappa shape index (κ2) is 2.46. The van der Waals surface area contributed by atoms with Gasteiger partial charge in [-0.25, -0.2) is 0 Å². The van der Waals surface area contributed by atoms with Crippen molar-refractivity contribution in [2.45, 2.75) is 18.9 Å². The lowest BCUT2D eigenvalue weighted by molar-refractivity contribution is 0.448. The van der Waals surface area contributed by atoms with Gasteiger partial charge >= 0.3 is 0 Å². The number of hydrogen-bond donors (Lipinski definition) is 2. The standard InChI is InChI=1S/C8H14N2/c1-8(10-2)6-4-3-5-7(8)9/h3-5,10H,6,9H2,1-2H3. The minimum atomic E-state index is -0.0191. The van der Waals surface area contributed by atoms with Crippen LogP contribution in [0.25, 0.3) is 0 Å². The van der Waals surface area contributed by atoms with Crippen molar-refractivity contribution in [3.8, 4) is 0 Å². The summed E-state index contributed by atoms with van der Waals surface area (Å²) in [6.07, 6.45) is 7.03. The number of nitrogens with one attached hydrogen (secondary N) is 1. The van der Waals surface area contributed by atoms with Crippen LogP contribution in [-0.4, -0.2) is 12.6 Å². The first kappa shape index (κ1) is 7.35. The molecule has 1 atom stereocenters. The summed E-state index contributed by atoms with van der Waals surface area (Å²) < 4.78 is 0. The molecule has 0 aromatic carbocycles. The van der Waals surface area contributed by atoms with E-state index in [0.717, 1.165) is 12.1 Å². The predicted molar refractivity (Wildman–Crippen MR) is 43.5 cm³/mol. The molecule has 1 unspecified atom stereocenters. The highest BCUT2D eigenvalue weighted by Gasteiger charge is 2.24. The summed E-state index contributed by atoms with van der Waals surface area (Å²) in [5.41, 5.74) is 6.67. The average Bonchev–Trinajstić information content (AvgIpc) is 1.96. The highest BCUT2D eigenvalue weighted by Crippen LogP contribution is 2.20. The molecule has 56 valence electrons. The summed E-state index contributed by atoms with van der Waals surface area (Å²) in [7, 11) is 1.93. The van der Waals surface area contributed by atoms with Gasteiger partial charge in [0.05, 0.1) is 5.54 Å². The molecule has 0 fully saturated rings. The molecule has 0 bridgehead atoms. The molecule has 0 radical (unpaired) electrons. The highest BCUT2D eigenvalue weighted by atomic mass is 15.0. The fourth-order valence-corrected chi connectivity index (χ4v) is 1.02. The molecule has 0 amide bonds. The smallest absolute Gasteiger partial charge is 0.0584 e. The third-order valence-electron chi connectivity index (χ3n) is 2.13. The van der Waals surface area contributed by atoms with Crippen LogP contribution >= 0.6 is 0 Å². The second-order valence-electron chi connectivity index (χ2n) is 2.84. The molecule has 2 heteroatoms. The molecular formula is C8H14N2. The lowest BCUT2D eigenvalue weighted by atomic mass is 9.90. The van der Waals surface area contributed by atoms with E-state index in [4.69, 9.17) is 5.73 Å². The number of rotatable bonds is 1. The zero-order chi connectivity index (χ0) is 7.61. The van der Waals surface area contributed by atoms with Crippen molar-refractivity contribution in [2.24, 2.45) is 5.73 Å². The normalized spacial score (nSPS) is 32.0. The summed E-state index contributed by atoms with van der Waals surface area (Å²) >= 11 is 0. The Hall–Kier alpha value is -0.760. The van der Waals surface area contributed by atoms with Crippen molar-refractivity contribution >= 4 is 0 Å². The number of nitrogens with two attached hydrogens (primary N) is 1. The number of hydrogen-bond acceptors (Lipinski definition) is 2. The van der Waals surface area contributed by atoms with Crippen molar-refractivity contribution < 1.29 is 0 Å². The Kier molecular flexibility index (Phi) is 1.81. The van der Waals surface area contributed by atoms with E-state index in [2.05, 4.69) is 18.3 Å². The highest BCUT2D eigenvalue weighted by molar-refractivity contribution is 5.26. The summed E-state index contributed by atoms with van der Waals surface area (Å²) in [6.45, 7) is 2.10. The molecule has 1 aliphatic carbocycles. The van der Waals surface area contributed by atoms with Crippen LogP contribution in [-0.2, 0) is 0 Å². The van der Waals surface area contributed by atoms with Crippen molar-refractivity contribution in [1.82, 2.24) is 5.32 Å². The van der Waals surface area contributed by atoms with Crippen molar-refractivity contribution in [1.29, 1.82) is 0 Å². The Balaban J connectivity index is 2.81. The van der Waals surface area contributed by atoms with Crippen LogP contribution in [0.1, 0.15) is 13.3 Å². The maximum Gasteiger partial charge on any atom is 0.0584 e. The van der Waals surface area contributed by atoms with Crippen LogP contribution in [0.2, 0.25) is 0 Å². The quantitative estimate of drug-likeness (QED) is 0.561. The minimum Gasteiger partial charge on any atom is -0.401 e. The summed E-state index contributed by atoms with van der Waals surface area (Å²) in [5.74, 6) is 0. The third-order valence-corrected chi connectivity index (χ3v) is 2.13. The van der Waals surface area contributed by atoms with Gasteiger partial charge in [-0.15, -0.1) is 0 Å². The van der Waals surface area contributed by atoms with Crippen LogP contribution in [0.3, 0.4) is 0 Å². The van der Waals surface area contributed by atoms with Crippen LogP contribution < -0.4 is 11.1 Å². The van der Waals surface area contributed by atoms with Gasteiger partial charge in [-0.3, -0.25) is 0 Å². The summed E-state index contributed by atoms with van der Waals surface area (Å²) in [4.78, 5) is 0. The molecule has 0 aromatic heterocycles. The average molecular weight is 138 g/mol. The van der Waals surface area contributed by atoms with Crippen molar-refractivity contribution in [2.75, 3.05) is 7.05 Å². The van der Waals surface area contributed by atoms with Crippen molar-refractivity contribution in [3.05, 3.63) is 23.9 Å². The Morgan fingerprint density at radius 1 is 1.70 bits per heavy atom. The topological polar surface area (TPSA) is 38.0 Å². The van der Waals surface area contributed by atoms with Gasteiger partial charge in [0.25, 0.3) is 0 Å². The number of allylic oxidation sites excluding steroid dienone is 2. The monoisotopic (exact) mass is 138 g/mol. The Labute approximate surface area is 61.8 Å². The Morgan fingerprint density at radius 3 is 2.80 bits per heavy atom. The predicted octanol–water partition coefficient (Wildman–Crippen LogP) is 0.767. The first-order valence-corrected chi connectivity index (χ1v) is 3.51. The maximum absolute atomic E-state index is 5.77. The lowest BCUT2D eigenvalue weighted by Crippen LogP contribution is -2.44. The Morgan fingerprint density at radius 2 is 2.40 bits per heavy atom. The SMILES string of the molecule is CNC1(C)CC=CC=C1N. The second-order valence-corrected chi connectivity index (χ2v) is 2.84. The molecule has 1 rings (SSSR count). The fraction of sp³-hybridized carbons (Fsp3) is 0.500. The first-order chi connectivity index (χ1) is 4.69. The minimum absolute atomic E-state index is 0.0191. The van der Waals surface area contributed by atoms with Crippen LogP contribution in [0.5, 0.6) is 0 Å². The molecule has 0 aliphatic heterocycles. The number of likely N-dealkylation sites (N-methyl/N-ethyl adjacent to an activating group) is 1. The molecule has 0 saturated carbocycles. The van der Waals surface area contributed by atoms with Gasteiger partial charge in [-0.05, 0) is 26.5 Å². The van der Waals surface area contributed by atoms with Crippen LogP contribution in [0.4, 0.5) is 0 Å². The zero-order valence-corrected chi connectivity index (χ0v) is 6.52.